The largest absolute Gasteiger partial charge is 0.416 e. The van der Waals surface area contributed by atoms with Crippen molar-refractivity contribution in [2.45, 2.75) is 52.9 Å². The summed E-state index contributed by atoms with van der Waals surface area (Å²) in [5.41, 5.74) is -1.10. The van der Waals surface area contributed by atoms with Crippen LogP contribution in [0.1, 0.15) is 44.4 Å². The van der Waals surface area contributed by atoms with Crippen molar-refractivity contribution in [3.63, 3.8) is 0 Å². The van der Waals surface area contributed by atoms with E-state index in [9.17, 15) is 22.4 Å². The quantitative estimate of drug-likeness (QED) is 0.379. The molecular formula is C24H27F4N3OS. The molecule has 1 amide bonds. The van der Waals surface area contributed by atoms with Gasteiger partial charge in [0.15, 0.2) is 5.11 Å². The summed E-state index contributed by atoms with van der Waals surface area (Å²) in [5.74, 6) is -0.921. The van der Waals surface area contributed by atoms with Crippen molar-refractivity contribution < 1.29 is 22.4 Å². The molecule has 0 aromatic heterocycles. The Balaban J connectivity index is 2.00. The van der Waals surface area contributed by atoms with Crippen LogP contribution in [0.15, 0.2) is 36.4 Å². The molecule has 178 valence electrons. The fourth-order valence-corrected chi connectivity index (χ4v) is 4.52. The minimum atomic E-state index is -4.57. The predicted molar refractivity (Wildman–Crippen MR) is 126 cm³/mol. The van der Waals surface area contributed by atoms with Gasteiger partial charge in [-0.2, -0.15) is 13.2 Å². The van der Waals surface area contributed by atoms with Crippen molar-refractivity contribution in [2.75, 3.05) is 22.9 Å². The fraction of sp³-hybridized carbons (Fsp3) is 0.417. The smallest absolute Gasteiger partial charge is 0.303 e. The zero-order valence-electron chi connectivity index (χ0n) is 19.3. The van der Waals surface area contributed by atoms with E-state index in [1.165, 1.54) is 30.0 Å². The summed E-state index contributed by atoms with van der Waals surface area (Å²) in [7, 11) is 0. The number of halogens is 4. The first-order valence-electron chi connectivity index (χ1n) is 10.7. The number of rotatable bonds is 6. The molecule has 1 fully saturated rings. The zero-order valence-corrected chi connectivity index (χ0v) is 20.1. The number of carbonyl (C=O) groups is 1. The SMILES string of the molecule is CCN(CC)Cc1ccc(N2C(=S)N(c3ccc(C)c(C(F)(F)F)c3)C(=O)C2(C)C)cc1F. The maximum atomic E-state index is 14.9. The molecule has 0 radical (unpaired) electrons. The normalized spacial score (nSPS) is 16.3. The van der Waals surface area contributed by atoms with Crippen LogP contribution in [-0.4, -0.2) is 34.5 Å². The Labute approximate surface area is 196 Å². The molecule has 2 aromatic carbocycles. The van der Waals surface area contributed by atoms with Crippen molar-refractivity contribution in [3.8, 4) is 0 Å². The number of nitrogens with zero attached hydrogens (tertiary/aromatic N) is 3. The van der Waals surface area contributed by atoms with Crippen LogP contribution in [0.3, 0.4) is 0 Å². The topological polar surface area (TPSA) is 26.8 Å². The van der Waals surface area contributed by atoms with E-state index in [0.717, 1.165) is 24.1 Å². The molecule has 2 aromatic rings. The number of alkyl halides is 3. The summed E-state index contributed by atoms with van der Waals surface area (Å²) in [6, 6.07) is 8.33. The number of anilines is 2. The van der Waals surface area contributed by atoms with Gasteiger partial charge in [0.1, 0.15) is 11.4 Å². The van der Waals surface area contributed by atoms with Crippen LogP contribution in [0.5, 0.6) is 0 Å². The van der Waals surface area contributed by atoms with Gasteiger partial charge in [-0.3, -0.25) is 14.6 Å². The Morgan fingerprint density at radius 2 is 1.64 bits per heavy atom. The first kappa shape index (κ1) is 25.1. The summed E-state index contributed by atoms with van der Waals surface area (Å²) in [4.78, 5) is 17.9. The van der Waals surface area contributed by atoms with Gasteiger partial charge >= 0.3 is 6.18 Å². The van der Waals surface area contributed by atoms with Gasteiger partial charge in [0.05, 0.1) is 11.3 Å². The Morgan fingerprint density at radius 1 is 1.03 bits per heavy atom. The molecule has 1 aliphatic rings. The van der Waals surface area contributed by atoms with Crippen molar-refractivity contribution in [3.05, 3.63) is 58.9 Å². The van der Waals surface area contributed by atoms with E-state index in [1.807, 2.05) is 13.8 Å². The number of hydrogen-bond acceptors (Lipinski definition) is 3. The predicted octanol–water partition coefficient (Wildman–Crippen LogP) is 5.91. The number of hydrogen-bond donors (Lipinski definition) is 0. The van der Waals surface area contributed by atoms with Gasteiger partial charge in [0, 0.05) is 17.8 Å². The van der Waals surface area contributed by atoms with E-state index >= 15 is 0 Å². The van der Waals surface area contributed by atoms with Crippen LogP contribution < -0.4 is 9.80 Å². The molecular weight excluding hydrogens is 454 g/mol. The van der Waals surface area contributed by atoms with Crippen molar-refractivity contribution in [2.24, 2.45) is 0 Å². The van der Waals surface area contributed by atoms with Crippen LogP contribution in [0, 0.1) is 12.7 Å². The highest BCUT2D eigenvalue weighted by Crippen LogP contribution is 2.39. The Morgan fingerprint density at radius 3 is 2.18 bits per heavy atom. The van der Waals surface area contributed by atoms with Crippen LogP contribution in [0.4, 0.5) is 28.9 Å². The number of benzene rings is 2. The van der Waals surface area contributed by atoms with Gasteiger partial charge in [-0.1, -0.05) is 26.0 Å². The maximum absolute atomic E-state index is 14.9. The summed E-state index contributed by atoms with van der Waals surface area (Å²) in [5, 5.41) is -0.00197. The molecule has 0 atom stereocenters. The van der Waals surface area contributed by atoms with Crippen LogP contribution >= 0.6 is 12.2 Å². The monoisotopic (exact) mass is 481 g/mol. The van der Waals surface area contributed by atoms with E-state index in [0.29, 0.717) is 17.8 Å². The molecule has 3 rings (SSSR count). The zero-order chi connectivity index (χ0) is 24.7. The fourth-order valence-electron chi connectivity index (χ4n) is 4.00. The van der Waals surface area contributed by atoms with Gasteiger partial charge in [0.25, 0.3) is 5.91 Å². The first-order chi connectivity index (χ1) is 15.3. The Kier molecular flexibility index (Phi) is 6.87. The molecule has 0 N–H and O–H groups in total. The van der Waals surface area contributed by atoms with Gasteiger partial charge in [-0.25, -0.2) is 4.39 Å². The summed E-state index contributed by atoms with van der Waals surface area (Å²) >= 11 is 5.52. The lowest BCUT2D eigenvalue weighted by Crippen LogP contribution is -2.44. The first-order valence-corrected chi connectivity index (χ1v) is 11.1. The molecule has 33 heavy (non-hydrogen) atoms. The molecule has 1 aliphatic heterocycles. The van der Waals surface area contributed by atoms with Crippen molar-refractivity contribution in [1.29, 1.82) is 0 Å². The van der Waals surface area contributed by atoms with E-state index in [2.05, 4.69) is 4.90 Å². The maximum Gasteiger partial charge on any atom is 0.416 e. The second kappa shape index (κ2) is 9.02. The lowest BCUT2D eigenvalue weighted by Gasteiger charge is -2.30. The third kappa shape index (κ3) is 4.61. The second-order valence-electron chi connectivity index (χ2n) is 8.55. The standard InChI is InChI=1S/C24H27F4N3OS/c1-6-29(7-2)14-16-9-11-18(13-20(16)25)31-22(33)30(21(32)23(31,4)5)17-10-8-15(3)19(12-17)24(26,27)28/h8-13H,6-7,14H2,1-5H3. The van der Waals surface area contributed by atoms with E-state index in [1.54, 1.807) is 26.0 Å². The average molecular weight is 482 g/mol. The Hall–Kier alpha value is -2.52. The number of amides is 1. The number of carbonyl (C=O) groups excluding carboxylic acids is 1. The van der Waals surface area contributed by atoms with Gasteiger partial charge in [-0.05, 0) is 75.9 Å². The lowest BCUT2D eigenvalue weighted by atomic mass is 10.0. The number of thiocarbonyl (C=S) groups is 1. The summed E-state index contributed by atoms with van der Waals surface area (Å²) in [6.45, 7) is 10.6. The molecule has 0 saturated carbocycles. The van der Waals surface area contributed by atoms with Gasteiger partial charge in [-0.15, -0.1) is 0 Å². The van der Waals surface area contributed by atoms with Crippen molar-refractivity contribution in [1.82, 2.24) is 4.90 Å². The number of aryl methyl sites for hydroxylation is 1. The molecule has 9 heteroatoms. The van der Waals surface area contributed by atoms with Gasteiger partial charge in [0.2, 0.25) is 0 Å². The van der Waals surface area contributed by atoms with E-state index in [-0.39, 0.29) is 16.4 Å². The summed E-state index contributed by atoms with van der Waals surface area (Å²) in [6.07, 6.45) is -4.57. The lowest BCUT2D eigenvalue weighted by molar-refractivity contribution is -0.138. The highest BCUT2D eigenvalue weighted by atomic mass is 32.1. The van der Waals surface area contributed by atoms with E-state index < -0.39 is 29.0 Å². The molecule has 4 nitrogen and oxygen atoms in total. The molecule has 1 heterocycles. The van der Waals surface area contributed by atoms with Gasteiger partial charge < -0.3 is 4.90 Å². The average Bonchev–Trinajstić information content (AvgIpc) is 2.91. The van der Waals surface area contributed by atoms with Crippen LogP contribution in [0.2, 0.25) is 0 Å². The van der Waals surface area contributed by atoms with Crippen LogP contribution in [0.25, 0.3) is 0 Å². The van der Waals surface area contributed by atoms with Crippen molar-refractivity contribution >= 4 is 34.6 Å². The second-order valence-corrected chi connectivity index (χ2v) is 8.92. The summed E-state index contributed by atoms with van der Waals surface area (Å²) < 4.78 is 55.2. The van der Waals surface area contributed by atoms with E-state index in [4.69, 9.17) is 12.2 Å². The molecule has 1 saturated heterocycles. The molecule has 0 spiro atoms. The Bertz CT molecular complexity index is 1080. The molecule has 0 aliphatic carbocycles. The third-order valence-electron chi connectivity index (χ3n) is 6.04. The highest BCUT2D eigenvalue weighted by Gasteiger charge is 2.50. The molecule has 0 bridgehead atoms. The minimum Gasteiger partial charge on any atom is -0.303 e. The minimum absolute atomic E-state index is 0.00197. The molecule has 0 unspecified atom stereocenters. The van der Waals surface area contributed by atoms with Crippen LogP contribution in [-0.2, 0) is 17.5 Å². The highest BCUT2D eigenvalue weighted by molar-refractivity contribution is 7.81. The third-order valence-corrected chi connectivity index (χ3v) is 6.40.